The fourth-order valence-corrected chi connectivity index (χ4v) is 8.94. The number of aromatic nitrogens is 4. The van der Waals surface area contributed by atoms with Crippen molar-refractivity contribution in [3.05, 3.63) is 187 Å². The van der Waals surface area contributed by atoms with Crippen LogP contribution in [0.3, 0.4) is 0 Å². The monoisotopic (exact) mass is 742 g/mol. The van der Waals surface area contributed by atoms with Crippen molar-refractivity contribution in [2.45, 2.75) is 12.8 Å². The van der Waals surface area contributed by atoms with Gasteiger partial charge in [0.25, 0.3) is 0 Å². The average Bonchev–Trinajstić information content (AvgIpc) is 3.83. The summed E-state index contributed by atoms with van der Waals surface area (Å²) in [5.41, 5.74) is 12.8. The Kier molecular flexibility index (Phi) is 7.29. The predicted octanol–water partition coefficient (Wildman–Crippen LogP) is 13.6. The molecule has 0 aliphatic heterocycles. The van der Waals surface area contributed by atoms with Crippen LogP contribution in [-0.4, -0.2) is 19.5 Å². The van der Waals surface area contributed by atoms with Crippen molar-refractivity contribution >= 4 is 60.6 Å². The molecule has 5 heteroatoms. The summed E-state index contributed by atoms with van der Waals surface area (Å²) in [6.07, 6.45) is 6.49. The van der Waals surface area contributed by atoms with Gasteiger partial charge in [-0.1, -0.05) is 133 Å². The molecule has 11 aromatic rings. The normalized spacial score (nSPS) is 12.6. The van der Waals surface area contributed by atoms with Crippen LogP contribution in [0.25, 0.3) is 112 Å². The lowest BCUT2D eigenvalue weighted by molar-refractivity contribution is 0.668. The van der Waals surface area contributed by atoms with Gasteiger partial charge in [-0.05, 0) is 88.3 Å². The zero-order valence-electron chi connectivity index (χ0n) is 31.4. The number of allylic oxidation sites excluding steroid dienone is 1. The Labute approximate surface area is 334 Å². The molecule has 0 N–H and O–H groups in total. The third-order valence-corrected chi connectivity index (χ3v) is 11.7. The molecule has 272 valence electrons. The number of para-hydroxylation sites is 1. The largest absolute Gasteiger partial charge is 0.456 e. The summed E-state index contributed by atoms with van der Waals surface area (Å²) in [4.78, 5) is 15.1. The molecule has 1 aliphatic rings. The summed E-state index contributed by atoms with van der Waals surface area (Å²) in [7, 11) is 0. The molecular weight excluding hydrogens is 709 g/mol. The average molecular weight is 743 g/mol. The first-order valence-corrected chi connectivity index (χ1v) is 19.8. The van der Waals surface area contributed by atoms with Crippen molar-refractivity contribution in [1.29, 1.82) is 0 Å². The quantitative estimate of drug-likeness (QED) is 0.176. The zero-order valence-corrected chi connectivity index (χ0v) is 31.4. The van der Waals surface area contributed by atoms with Crippen molar-refractivity contribution in [2.24, 2.45) is 0 Å². The molecule has 0 atom stereocenters. The molecule has 0 bridgehead atoms. The molecule has 0 saturated heterocycles. The molecule has 0 spiro atoms. The molecule has 58 heavy (non-hydrogen) atoms. The van der Waals surface area contributed by atoms with Crippen LogP contribution in [0.15, 0.2) is 180 Å². The van der Waals surface area contributed by atoms with Crippen LogP contribution in [0.5, 0.6) is 0 Å². The second kappa shape index (κ2) is 13.0. The van der Waals surface area contributed by atoms with Crippen LogP contribution in [0.1, 0.15) is 17.5 Å². The minimum atomic E-state index is 0.608. The van der Waals surface area contributed by atoms with E-state index in [-0.39, 0.29) is 0 Å². The Hall–Kier alpha value is -7.63. The minimum Gasteiger partial charge on any atom is -0.456 e. The van der Waals surface area contributed by atoms with E-state index in [0.29, 0.717) is 17.5 Å². The van der Waals surface area contributed by atoms with Crippen molar-refractivity contribution in [1.82, 2.24) is 19.5 Å². The van der Waals surface area contributed by atoms with Gasteiger partial charge in [-0.15, -0.1) is 0 Å². The molecule has 3 aromatic heterocycles. The van der Waals surface area contributed by atoms with Crippen LogP contribution >= 0.6 is 0 Å². The highest BCUT2D eigenvalue weighted by Gasteiger charge is 2.21. The summed E-state index contributed by atoms with van der Waals surface area (Å²) < 4.78 is 9.13. The van der Waals surface area contributed by atoms with Gasteiger partial charge in [0.05, 0.1) is 11.0 Å². The highest BCUT2D eigenvalue weighted by molar-refractivity contribution is 6.23. The molecule has 0 fully saturated rings. The van der Waals surface area contributed by atoms with E-state index in [9.17, 15) is 0 Å². The van der Waals surface area contributed by atoms with Crippen molar-refractivity contribution in [3.8, 4) is 51.0 Å². The van der Waals surface area contributed by atoms with Crippen molar-refractivity contribution in [2.75, 3.05) is 0 Å². The standard InChI is InChI=1S/C53H34N4O/c1-3-14-34(15-4-1)49-41-20-10-9-19-37(41)30-46-50(49)44-21-11-12-22-45(44)57(46)40-26-28-43-42-27-25-39(31-47(42)58-48(43)32-40)53-55-51(35-16-5-2-6-17-35)54-52(56-53)38-24-23-33-13-7-8-18-36(33)29-38/h1-7,9-17,19-32H,8,18H2. The van der Waals surface area contributed by atoms with Crippen molar-refractivity contribution < 1.29 is 4.42 Å². The van der Waals surface area contributed by atoms with E-state index in [1.165, 1.54) is 43.8 Å². The molecule has 0 saturated carbocycles. The number of hydrogen-bond acceptors (Lipinski definition) is 4. The lowest BCUT2D eigenvalue weighted by Crippen LogP contribution is -2.01. The van der Waals surface area contributed by atoms with E-state index in [2.05, 4.69) is 156 Å². The number of hydrogen-bond donors (Lipinski definition) is 0. The number of furan rings is 1. The van der Waals surface area contributed by atoms with Crippen LogP contribution in [-0.2, 0) is 6.42 Å². The molecule has 12 rings (SSSR count). The number of aryl methyl sites for hydroxylation is 1. The first-order chi connectivity index (χ1) is 28.7. The second-order valence-electron chi connectivity index (χ2n) is 15.1. The molecule has 0 radical (unpaired) electrons. The Morgan fingerprint density at radius 3 is 1.91 bits per heavy atom. The van der Waals surface area contributed by atoms with Crippen LogP contribution in [0, 0.1) is 0 Å². The van der Waals surface area contributed by atoms with Gasteiger partial charge in [-0.3, -0.25) is 0 Å². The van der Waals surface area contributed by atoms with E-state index in [0.717, 1.165) is 68.2 Å². The summed E-state index contributed by atoms with van der Waals surface area (Å²) in [5, 5.41) is 7.02. The number of rotatable bonds is 5. The topological polar surface area (TPSA) is 56.7 Å². The fraction of sp³-hybridized carbons (Fsp3) is 0.0377. The first-order valence-electron chi connectivity index (χ1n) is 19.8. The number of benzene rings is 8. The fourth-order valence-electron chi connectivity index (χ4n) is 8.94. The number of fused-ring (bicyclic) bond motifs is 8. The van der Waals surface area contributed by atoms with E-state index in [1.54, 1.807) is 0 Å². The molecule has 8 aromatic carbocycles. The van der Waals surface area contributed by atoms with E-state index >= 15 is 0 Å². The van der Waals surface area contributed by atoms with Gasteiger partial charge >= 0.3 is 0 Å². The Morgan fingerprint density at radius 1 is 0.466 bits per heavy atom. The maximum Gasteiger partial charge on any atom is 0.164 e. The minimum absolute atomic E-state index is 0.608. The van der Waals surface area contributed by atoms with E-state index < -0.39 is 0 Å². The molecule has 3 heterocycles. The number of nitrogens with zero attached hydrogens (tertiary/aromatic N) is 4. The lowest BCUT2D eigenvalue weighted by atomic mass is 9.93. The van der Waals surface area contributed by atoms with Crippen molar-refractivity contribution in [3.63, 3.8) is 0 Å². The van der Waals surface area contributed by atoms with Gasteiger partial charge in [0.1, 0.15) is 11.2 Å². The Balaban J connectivity index is 1.02. The lowest BCUT2D eigenvalue weighted by Gasteiger charge is -2.13. The van der Waals surface area contributed by atoms with Crippen LogP contribution in [0.2, 0.25) is 0 Å². The van der Waals surface area contributed by atoms with Gasteiger partial charge in [0.2, 0.25) is 0 Å². The summed E-state index contributed by atoms with van der Waals surface area (Å²) >= 11 is 0. The SMILES string of the molecule is C1=Cc2ccc(-c3nc(-c4ccccc4)nc(-c4ccc5c(c4)oc4cc(-n6c7ccccc7c7c(-c8ccccc8)c8ccccc8cc76)ccc45)n3)cc2CC1. The Morgan fingerprint density at radius 2 is 1.10 bits per heavy atom. The maximum atomic E-state index is 6.74. The molecule has 5 nitrogen and oxygen atoms in total. The molecule has 1 aliphatic carbocycles. The predicted molar refractivity (Wildman–Crippen MR) is 238 cm³/mol. The van der Waals surface area contributed by atoms with Gasteiger partial charge < -0.3 is 8.98 Å². The van der Waals surface area contributed by atoms with Crippen LogP contribution < -0.4 is 0 Å². The smallest absolute Gasteiger partial charge is 0.164 e. The second-order valence-corrected chi connectivity index (χ2v) is 15.1. The first kappa shape index (κ1) is 32.6. The van der Waals surface area contributed by atoms with Crippen LogP contribution in [0.4, 0.5) is 0 Å². The van der Waals surface area contributed by atoms with Gasteiger partial charge in [-0.2, -0.15) is 0 Å². The Bertz CT molecular complexity index is 3450. The molecular formula is C53H34N4O. The maximum absolute atomic E-state index is 6.74. The zero-order chi connectivity index (χ0) is 38.2. The van der Waals surface area contributed by atoms with Gasteiger partial charge in [0.15, 0.2) is 17.5 Å². The highest BCUT2D eigenvalue weighted by atomic mass is 16.3. The third kappa shape index (κ3) is 5.21. The summed E-state index contributed by atoms with van der Waals surface area (Å²) in [5.74, 6) is 1.91. The van der Waals surface area contributed by atoms with Gasteiger partial charge in [0, 0.05) is 50.0 Å². The molecule has 0 amide bonds. The summed E-state index contributed by atoms with van der Waals surface area (Å²) in [6, 6.07) is 60.1. The van der Waals surface area contributed by atoms with E-state index in [4.69, 9.17) is 19.4 Å². The highest BCUT2D eigenvalue weighted by Crippen LogP contribution is 2.44. The third-order valence-electron chi connectivity index (χ3n) is 11.7. The molecule has 0 unspecified atom stereocenters. The van der Waals surface area contributed by atoms with Gasteiger partial charge in [-0.25, -0.2) is 15.0 Å². The van der Waals surface area contributed by atoms with E-state index in [1.807, 2.05) is 30.3 Å². The summed E-state index contributed by atoms with van der Waals surface area (Å²) in [6.45, 7) is 0.